The van der Waals surface area contributed by atoms with Crippen LogP contribution in [0.3, 0.4) is 0 Å². The van der Waals surface area contributed by atoms with Gasteiger partial charge >= 0.3 is 6.18 Å². The van der Waals surface area contributed by atoms with Gasteiger partial charge in [0.25, 0.3) is 0 Å². The number of hydrogen-bond acceptors (Lipinski definition) is 1. The van der Waals surface area contributed by atoms with Crippen molar-refractivity contribution in [1.29, 1.82) is 0 Å². The van der Waals surface area contributed by atoms with E-state index in [1.54, 1.807) is 0 Å². The highest BCUT2D eigenvalue weighted by Crippen LogP contribution is 2.34. The summed E-state index contributed by atoms with van der Waals surface area (Å²) in [6.07, 6.45) is -3.45. The molecule has 0 atom stereocenters. The third kappa shape index (κ3) is 2.01. The summed E-state index contributed by atoms with van der Waals surface area (Å²) in [6, 6.07) is 0.733. The summed E-state index contributed by atoms with van der Waals surface area (Å²) in [7, 11) is 0. The Morgan fingerprint density at radius 3 is 2.25 bits per heavy atom. The second-order valence-corrected chi connectivity index (χ2v) is 2.78. The summed E-state index contributed by atoms with van der Waals surface area (Å²) in [5.74, 6) is 0. The number of hydrogen-bond donors (Lipinski definition) is 0. The number of alkyl halides is 3. The normalized spacial score (nSPS) is 11.8. The van der Waals surface area contributed by atoms with E-state index in [1.807, 2.05) is 0 Å². The summed E-state index contributed by atoms with van der Waals surface area (Å²) >= 11 is 10.5. The van der Waals surface area contributed by atoms with Crippen LogP contribution in [0.1, 0.15) is 5.56 Å². The maximum absolute atomic E-state index is 12.0. The van der Waals surface area contributed by atoms with Gasteiger partial charge in [-0.05, 0) is 6.07 Å². The monoisotopic (exact) mass is 215 g/mol. The first-order valence-corrected chi connectivity index (χ1v) is 3.55. The molecule has 6 heteroatoms. The molecule has 0 aliphatic carbocycles. The molecule has 0 saturated carbocycles. The molecule has 0 N–H and O–H groups in total. The van der Waals surface area contributed by atoms with Crippen LogP contribution in [0.2, 0.25) is 10.2 Å². The molecule has 1 aromatic rings. The Morgan fingerprint density at radius 1 is 1.25 bits per heavy atom. The third-order valence-corrected chi connectivity index (χ3v) is 1.62. The van der Waals surface area contributed by atoms with Crippen molar-refractivity contribution in [3.63, 3.8) is 0 Å². The van der Waals surface area contributed by atoms with Crippen molar-refractivity contribution in [2.75, 3.05) is 0 Å². The van der Waals surface area contributed by atoms with Gasteiger partial charge in [-0.1, -0.05) is 23.2 Å². The first kappa shape index (κ1) is 9.61. The Kier molecular flexibility index (Phi) is 2.49. The van der Waals surface area contributed by atoms with Gasteiger partial charge in [-0.3, -0.25) is 0 Å². The number of pyridine rings is 1. The summed E-state index contributed by atoms with van der Waals surface area (Å²) < 4.78 is 36.1. The van der Waals surface area contributed by atoms with Crippen LogP contribution in [0.4, 0.5) is 13.2 Å². The predicted molar refractivity (Wildman–Crippen MR) is 39.3 cm³/mol. The fraction of sp³-hybridized carbons (Fsp3) is 0.167. The van der Waals surface area contributed by atoms with Crippen LogP contribution >= 0.6 is 23.2 Å². The topological polar surface area (TPSA) is 12.9 Å². The minimum absolute atomic E-state index is 0.0910. The molecule has 0 bridgehead atoms. The van der Waals surface area contributed by atoms with Gasteiger partial charge in [-0.2, -0.15) is 13.2 Å². The van der Waals surface area contributed by atoms with Crippen molar-refractivity contribution >= 4 is 23.2 Å². The molecule has 0 aliphatic heterocycles. The van der Waals surface area contributed by atoms with Crippen molar-refractivity contribution < 1.29 is 13.2 Å². The van der Waals surface area contributed by atoms with Crippen LogP contribution in [0, 0.1) is 0 Å². The van der Waals surface area contributed by atoms with Crippen molar-refractivity contribution in [2.24, 2.45) is 0 Å². The standard InChI is InChI=1S/C6H2Cl2F3N/c7-3-1-4(6(9,10)11)5(8)12-2-3/h1-2H. The van der Waals surface area contributed by atoms with Gasteiger partial charge in [-0.15, -0.1) is 0 Å². The van der Waals surface area contributed by atoms with E-state index in [0.717, 1.165) is 12.3 Å². The second-order valence-electron chi connectivity index (χ2n) is 1.99. The minimum Gasteiger partial charge on any atom is -0.242 e. The molecule has 1 heterocycles. The van der Waals surface area contributed by atoms with Crippen LogP contribution in [0.5, 0.6) is 0 Å². The highest BCUT2D eigenvalue weighted by atomic mass is 35.5. The number of nitrogens with zero attached hydrogens (tertiary/aromatic N) is 1. The Balaban J connectivity index is 3.23. The van der Waals surface area contributed by atoms with Crippen LogP contribution in [-0.2, 0) is 6.18 Å². The summed E-state index contributed by atoms with van der Waals surface area (Å²) in [5.41, 5.74) is -1.02. The molecule has 0 unspecified atom stereocenters. The van der Waals surface area contributed by atoms with Gasteiger partial charge in [-0.25, -0.2) is 4.98 Å². The van der Waals surface area contributed by atoms with E-state index in [-0.39, 0.29) is 5.02 Å². The average Bonchev–Trinajstić information content (AvgIpc) is 1.92. The van der Waals surface area contributed by atoms with E-state index in [2.05, 4.69) is 4.98 Å². The first-order valence-electron chi connectivity index (χ1n) is 2.79. The molecule has 66 valence electrons. The molecular weight excluding hydrogens is 214 g/mol. The van der Waals surface area contributed by atoms with Crippen molar-refractivity contribution in [2.45, 2.75) is 6.18 Å². The Bertz CT molecular complexity index is 297. The molecule has 0 radical (unpaired) electrons. The Labute approximate surface area is 76.1 Å². The van der Waals surface area contributed by atoms with Gasteiger partial charge in [0.2, 0.25) is 0 Å². The largest absolute Gasteiger partial charge is 0.419 e. The average molecular weight is 216 g/mol. The van der Waals surface area contributed by atoms with E-state index in [1.165, 1.54) is 0 Å². The molecule has 0 aliphatic rings. The van der Waals surface area contributed by atoms with Crippen LogP contribution < -0.4 is 0 Å². The molecule has 1 rings (SSSR count). The number of aromatic nitrogens is 1. The maximum Gasteiger partial charge on any atom is 0.419 e. The fourth-order valence-corrected chi connectivity index (χ4v) is 0.990. The van der Waals surface area contributed by atoms with Crippen LogP contribution in [0.15, 0.2) is 12.3 Å². The second kappa shape index (κ2) is 3.11. The maximum atomic E-state index is 12.0. The van der Waals surface area contributed by atoms with E-state index >= 15 is 0 Å². The van der Waals surface area contributed by atoms with Crippen molar-refractivity contribution in [3.05, 3.63) is 28.0 Å². The lowest BCUT2D eigenvalue weighted by molar-refractivity contribution is -0.137. The molecule has 0 spiro atoms. The van der Waals surface area contributed by atoms with Gasteiger partial charge in [0.1, 0.15) is 5.15 Å². The lowest BCUT2D eigenvalue weighted by Crippen LogP contribution is -2.06. The van der Waals surface area contributed by atoms with Gasteiger partial charge in [0.15, 0.2) is 0 Å². The number of rotatable bonds is 0. The highest BCUT2D eigenvalue weighted by molar-refractivity contribution is 6.32. The van der Waals surface area contributed by atoms with E-state index < -0.39 is 16.9 Å². The molecule has 0 saturated heterocycles. The van der Waals surface area contributed by atoms with Crippen molar-refractivity contribution in [3.8, 4) is 0 Å². The molecule has 0 fully saturated rings. The zero-order valence-corrected chi connectivity index (χ0v) is 7.00. The van der Waals surface area contributed by atoms with Crippen LogP contribution in [-0.4, -0.2) is 4.98 Å². The first-order chi connectivity index (χ1) is 5.41. The Morgan fingerprint density at radius 2 is 1.83 bits per heavy atom. The fourth-order valence-electron chi connectivity index (χ4n) is 0.621. The summed E-state index contributed by atoms with van der Waals surface area (Å²) in [4.78, 5) is 3.26. The summed E-state index contributed by atoms with van der Waals surface area (Å²) in [6.45, 7) is 0. The Hall–Kier alpha value is -0.480. The highest BCUT2D eigenvalue weighted by Gasteiger charge is 2.34. The molecule has 1 aromatic heterocycles. The lowest BCUT2D eigenvalue weighted by Gasteiger charge is -2.07. The van der Waals surface area contributed by atoms with E-state index in [0.29, 0.717) is 0 Å². The molecule has 0 amide bonds. The predicted octanol–water partition coefficient (Wildman–Crippen LogP) is 3.41. The van der Waals surface area contributed by atoms with E-state index in [4.69, 9.17) is 23.2 Å². The lowest BCUT2D eigenvalue weighted by atomic mass is 10.3. The minimum atomic E-state index is -4.50. The van der Waals surface area contributed by atoms with Gasteiger partial charge in [0.05, 0.1) is 10.6 Å². The molecule has 1 nitrogen and oxygen atoms in total. The van der Waals surface area contributed by atoms with Gasteiger partial charge in [0, 0.05) is 6.20 Å². The van der Waals surface area contributed by atoms with Crippen molar-refractivity contribution in [1.82, 2.24) is 4.98 Å². The molecule has 0 aromatic carbocycles. The zero-order valence-electron chi connectivity index (χ0n) is 5.49. The van der Waals surface area contributed by atoms with Gasteiger partial charge < -0.3 is 0 Å². The van der Waals surface area contributed by atoms with E-state index in [9.17, 15) is 13.2 Å². The summed E-state index contributed by atoms with van der Waals surface area (Å²) in [5, 5.41) is -0.682. The molecular formula is C6H2Cl2F3N. The molecule has 12 heavy (non-hydrogen) atoms. The smallest absolute Gasteiger partial charge is 0.242 e. The quantitative estimate of drug-likeness (QED) is 0.605. The zero-order chi connectivity index (χ0) is 9.35. The van der Waals surface area contributed by atoms with Crippen LogP contribution in [0.25, 0.3) is 0 Å². The number of halogens is 5. The SMILES string of the molecule is FC(F)(F)c1cc(Cl)cnc1Cl. The third-order valence-electron chi connectivity index (χ3n) is 1.11.